The van der Waals surface area contributed by atoms with E-state index in [0.717, 1.165) is 32.5 Å². The van der Waals surface area contributed by atoms with Gasteiger partial charge in [0.25, 0.3) is 0 Å². The molecule has 116 valence electrons. The fraction of sp³-hybridized carbons (Fsp3) is 0.938. The predicted molar refractivity (Wildman–Crippen MR) is 80.7 cm³/mol. The first kappa shape index (κ1) is 15.8. The second-order valence-corrected chi connectivity index (χ2v) is 8.02. The van der Waals surface area contributed by atoms with Crippen LogP contribution >= 0.6 is 0 Å². The molecule has 0 N–H and O–H groups in total. The van der Waals surface area contributed by atoms with Gasteiger partial charge in [0.15, 0.2) is 0 Å². The first-order valence-corrected chi connectivity index (χ1v) is 7.82. The van der Waals surface area contributed by atoms with Crippen LogP contribution in [0.4, 0.5) is 0 Å². The number of likely N-dealkylation sites (tertiary alicyclic amines) is 1. The van der Waals surface area contributed by atoms with Crippen LogP contribution in [0.2, 0.25) is 0 Å². The maximum atomic E-state index is 13.1. The second-order valence-electron chi connectivity index (χ2n) is 8.02. The summed E-state index contributed by atoms with van der Waals surface area (Å²) in [5.74, 6) is 0.245. The van der Waals surface area contributed by atoms with Gasteiger partial charge in [0, 0.05) is 24.2 Å². The molecule has 1 amide bonds. The van der Waals surface area contributed by atoms with Crippen molar-refractivity contribution in [1.29, 1.82) is 0 Å². The lowest BCUT2D eigenvalue weighted by Gasteiger charge is -2.48. The topological polar surface area (TPSA) is 32.8 Å². The van der Waals surface area contributed by atoms with Gasteiger partial charge < -0.3 is 9.64 Å². The van der Waals surface area contributed by atoms with Gasteiger partial charge in [-0.15, -0.1) is 0 Å². The van der Waals surface area contributed by atoms with Gasteiger partial charge in [0.05, 0.1) is 12.7 Å². The molecular formula is C16H30N2O2. The summed E-state index contributed by atoms with van der Waals surface area (Å²) in [6.07, 6.45) is 2.07. The number of ether oxygens (including phenoxy) is 1. The number of hydrogen-bond acceptors (Lipinski definition) is 3. The summed E-state index contributed by atoms with van der Waals surface area (Å²) in [5, 5.41) is 0. The third-order valence-electron chi connectivity index (χ3n) is 4.41. The van der Waals surface area contributed by atoms with E-state index in [1.807, 2.05) is 4.90 Å². The van der Waals surface area contributed by atoms with Crippen molar-refractivity contribution in [2.45, 2.75) is 77.6 Å². The van der Waals surface area contributed by atoms with E-state index in [2.05, 4.69) is 46.4 Å². The van der Waals surface area contributed by atoms with Crippen LogP contribution < -0.4 is 0 Å². The smallest absolute Gasteiger partial charge is 0.243 e. The van der Waals surface area contributed by atoms with Crippen LogP contribution in [0.5, 0.6) is 0 Å². The van der Waals surface area contributed by atoms with Gasteiger partial charge in [-0.3, -0.25) is 9.69 Å². The zero-order valence-corrected chi connectivity index (χ0v) is 13.9. The minimum Gasteiger partial charge on any atom is -0.375 e. The maximum absolute atomic E-state index is 13.1. The summed E-state index contributed by atoms with van der Waals surface area (Å²) in [4.78, 5) is 17.5. The van der Waals surface area contributed by atoms with E-state index in [4.69, 9.17) is 4.74 Å². The van der Waals surface area contributed by atoms with Gasteiger partial charge >= 0.3 is 0 Å². The summed E-state index contributed by atoms with van der Waals surface area (Å²) in [6, 6.07) is -0.120. The highest BCUT2D eigenvalue weighted by Gasteiger charge is 2.46. The third kappa shape index (κ3) is 3.01. The molecule has 2 aliphatic heterocycles. The molecule has 0 bridgehead atoms. The molecule has 0 radical (unpaired) electrons. The van der Waals surface area contributed by atoms with Gasteiger partial charge in [-0.1, -0.05) is 0 Å². The molecular weight excluding hydrogens is 252 g/mol. The minimum atomic E-state index is -0.120. The molecule has 0 aromatic carbocycles. The Morgan fingerprint density at radius 3 is 2.25 bits per heavy atom. The number of morpholine rings is 1. The van der Waals surface area contributed by atoms with Crippen LogP contribution in [0.3, 0.4) is 0 Å². The lowest BCUT2D eigenvalue weighted by atomic mass is 9.95. The predicted octanol–water partition coefficient (Wildman–Crippen LogP) is 2.28. The van der Waals surface area contributed by atoms with Crippen molar-refractivity contribution in [3.8, 4) is 0 Å². The minimum absolute atomic E-state index is 0.00372. The first-order chi connectivity index (χ1) is 9.12. The van der Waals surface area contributed by atoms with Crippen molar-refractivity contribution in [2.24, 2.45) is 0 Å². The average molecular weight is 282 g/mol. The summed E-state index contributed by atoms with van der Waals surface area (Å²) < 4.78 is 5.93. The number of carbonyl (C=O) groups is 1. The van der Waals surface area contributed by atoms with Crippen LogP contribution in [-0.2, 0) is 9.53 Å². The molecule has 2 fully saturated rings. The number of nitrogens with zero attached hydrogens (tertiary/aromatic N) is 2. The lowest BCUT2D eigenvalue weighted by Crippen LogP contribution is -2.64. The van der Waals surface area contributed by atoms with Crippen molar-refractivity contribution in [2.75, 3.05) is 19.7 Å². The van der Waals surface area contributed by atoms with Crippen LogP contribution in [0.15, 0.2) is 0 Å². The molecule has 0 spiro atoms. The number of hydrogen-bond donors (Lipinski definition) is 0. The number of amides is 1. The molecule has 2 aliphatic rings. The molecule has 2 unspecified atom stereocenters. The van der Waals surface area contributed by atoms with E-state index >= 15 is 0 Å². The molecule has 0 aliphatic carbocycles. The van der Waals surface area contributed by atoms with Crippen LogP contribution in [-0.4, -0.2) is 58.6 Å². The molecule has 0 saturated carbocycles. The molecule has 20 heavy (non-hydrogen) atoms. The Morgan fingerprint density at radius 2 is 1.70 bits per heavy atom. The maximum Gasteiger partial charge on any atom is 0.243 e. The first-order valence-electron chi connectivity index (χ1n) is 7.82. The largest absolute Gasteiger partial charge is 0.375 e. The Balaban J connectivity index is 2.33. The van der Waals surface area contributed by atoms with Crippen molar-refractivity contribution < 1.29 is 9.53 Å². The average Bonchev–Trinajstić information content (AvgIpc) is 2.47. The van der Waals surface area contributed by atoms with Gasteiger partial charge in [0.2, 0.25) is 5.91 Å². The van der Waals surface area contributed by atoms with Gasteiger partial charge in [-0.2, -0.15) is 0 Å². The van der Waals surface area contributed by atoms with Crippen molar-refractivity contribution in [3.63, 3.8) is 0 Å². The van der Waals surface area contributed by atoms with Crippen molar-refractivity contribution in [3.05, 3.63) is 0 Å². The molecule has 0 aromatic heterocycles. The molecule has 2 rings (SSSR count). The standard InChI is InChI=1S/C16H30N2O2/c1-15(2,3)17-10-11-20-12-8-7-9-18(16(4,5)6)14(19)13(12)17/h12-13H,7-11H2,1-6H3. The fourth-order valence-corrected chi connectivity index (χ4v) is 3.41. The normalized spacial score (nSPS) is 30.1. The van der Waals surface area contributed by atoms with E-state index in [9.17, 15) is 4.79 Å². The monoisotopic (exact) mass is 282 g/mol. The Kier molecular flexibility index (Phi) is 4.18. The summed E-state index contributed by atoms with van der Waals surface area (Å²) in [6.45, 7) is 15.4. The van der Waals surface area contributed by atoms with Crippen LogP contribution in [0.1, 0.15) is 54.4 Å². The van der Waals surface area contributed by atoms with Crippen molar-refractivity contribution >= 4 is 5.91 Å². The van der Waals surface area contributed by atoms with E-state index in [1.54, 1.807) is 0 Å². The molecule has 4 nitrogen and oxygen atoms in total. The SMILES string of the molecule is CC(C)(C)N1CCCC2OCCN(C(C)(C)C)C2C1=O. The van der Waals surface area contributed by atoms with Crippen LogP contribution in [0.25, 0.3) is 0 Å². The Bertz CT molecular complexity index is 368. The zero-order chi connectivity index (χ0) is 15.1. The summed E-state index contributed by atoms with van der Waals surface area (Å²) in [7, 11) is 0. The van der Waals surface area contributed by atoms with Gasteiger partial charge in [-0.05, 0) is 54.4 Å². The van der Waals surface area contributed by atoms with Gasteiger partial charge in [0.1, 0.15) is 6.04 Å². The highest BCUT2D eigenvalue weighted by molar-refractivity contribution is 5.83. The Labute approximate surface area is 123 Å². The molecule has 0 aromatic rings. The van der Waals surface area contributed by atoms with E-state index < -0.39 is 0 Å². The van der Waals surface area contributed by atoms with Gasteiger partial charge in [-0.25, -0.2) is 0 Å². The Morgan fingerprint density at radius 1 is 1.05 bits per heavy atom. The number of fused-ring (bicyclic) bond motifs is 1. The van der Waals surface area contributed by atoms with Crippen molar-refractivity contribution in [1.82, 2.24) is 9.80 Å². The van der Waals surface area contributed by atoms with E-state index in [-0.39, 0.29) is 29.1 Å². The van der Waals surface area contributed by atoms with Crippen LogP contribution in [0, 0.1) is 0 Å². The third-order valence-corrected chi connectivity index (χ3v) is 4.41. The molecule has 2 heterocycles. The Hall–Kier alpha value is -0.610. The van der Waals surface area contributed by atoms with E-state index in [0.29, 0.717) is 0 Å². The molecule has 4 heteroatoms. The highest BCUT2D eigenvalue weighted by atomic mass is 16.5. The second kappa shape index (κ2) is 5.30. The van der Waals surface area contributed by atoms with E-state index in [1.165, 1.54) is 0 Å². The zero-order valence-electron chi connectivity index (χ0n) is 13.9. The highest BCUT2D eigenvalue weighted by Crippen LogP contribution is 2.31. The quantitative estimate of drug-likeness (QED) is 0.683. The lowest BCUT2D eigenvalue weighted by molar-refractivity contribution is -0.158. The molecule has 2 saturated heterocycles. The molecule has 2 atom stereocenters. The fourth-order valence-electron chi connectivity index (χ4n) is 3.41. The number of carbonyl (C=O) groups excluding carboxylic acids is 1. The summed E-state index contributed by atoms with van der Waals surface area (Å²) in [5.41, 5.74) is -0.122. The summed E-state index contributed by atoms with van der Waals surface area (Å²) >= 11 is 0. The number of rotatable bonds is 0.